The Labute approximate surface area is 119 Å². The van der Waals surface area contributed by atoms with E-state index in [1.165, 1.54) is 4.31 Å². The van der Waals surface area contributed by atoms with E-state index < -0.39 is 10.0 Å². The van der Waals surface area contributed by atoms with E-state index in [0.717, 1.165) is 25.7 Å². The summed E-state index contributed by atoms with van der Waals surface area (Å²) in [5, 5.41) is 0. The van der Waals surface area contributed by atoms with Gasteiger partial charge in [-0.2, -0.15) is 4.31 Å². The number of ether oxygens (including phenoxy) is 2. The fourth-order valence-electron chi connectivity index (χ4n) is 2.81. The van der Waals surface area contributed by atoms with Crippen LogP contribution in [0.15, 0.2) is 23.1 Å². The smallest absolute Gasteiger partial charge is 0.243 e. The van der Waals surface area contributed by atoms with Gasteiger partial charge in [0.05, 0.1) is 4.90 Å². The molecule has 6 heteroatoms. The lowest BCUT2D eigenvalue weighted by Gasteiger charge is -2.25. The third-order valence-electron chi connectivity index (χ3n) is 4.03. The molecule has 1 aromatic carbocycles. The van der Waals surface area contributed by atoms with Crippen molar-refractivity contribution < 1.29 is 17.9 Å². The van der Waals surface area contributed by atoms with Crippen molar-refractivity contribution in [2.75, 3.05) is 20.3 Å². The van der Waals surface area contributed by atoms with Crippen LogP contribution in [-0.2, 0) is 10.0 Å². The van der Waals surface area contributed by atoms with Gasteiger partial charge in [-0.05, 0) is 25.0 Å². The molecule has 1 aliphatic heterocycles. The summed E-state index contributed by atoms with van der Waals surface area (Å²) in [6.45, 7) is 0.954. The minimum absolute atomic E-state index is 0.119. The average molecular weight is 297 g/mol. The van der Waals surface area contributed by atoms with Crippen LogP contribution in [0.1, 0.15) is 25.7 Å². The van der Waals surface area contributed by atoms with E-state index in [1.807, 2.05) is 0 Å². The maximum atomic E-state index is 12.6. The molecule has 2 aliphatic rings. The fourth-order valence-corrected chi connectivity index (χ4v) is 4.25. The van der Waals surface area contributed by atoms with Crippen molar-refractivity contribution in [3.63, 3.8) is 0 Å². The molecule has 1 heterocycles. The SMILES string of the molecule is CN(C1CCCC1)S(=O)(=O)c1ccc2c(c1)OCCO2. The monoisotopic (exact) mass is 297 g/mol. The molecule has 0 saturated heterocycles. The zero-order valence-electron chi connectivity index (χ0n) is 11.5. The standard InChI is InChI=1S/C14H19NO4S/c1-15(11-4-2-3-5-11)20(16,17)12-6-7-13-14(10-12)19-9-8-18-13/h6-7,10-11H,2-5,8-9H2,1H3. The summed E-state index contributed by atoms with van der Waals surface area (Å²) in [5.41, 5.74) is 0. The summed E-state index contributed by atoms with van der Waals surface area (Å²) >= 11 is 0. The first-order chi connectivity index (χ1) is 9.59. The van der Waals surface area contributed by atoms with Crippen molar-refractivity contribution in [1.82, 2.24) is 4.31 Å². The number of fused-ring (bicyclic) bond motifs is 1. The molecule has 20 heavy (non-hydrogen) atoms. The minimum Gasteiger partial charge on any atom is -0.486 e. The van der Waals surface area contributed by atoms with Gasteiger partial charge in [-0.15, -0.1) is 0 Å². The Morgan fingerprint density at radius 2 is 1.75 bits per heavy atom. The van der Waals surface area contributed by atoms with Gasteiger partial charge < -0.3 is 9.47 Å². The van der Waals surface area contributed by atoms with Gasteiger partial charge >= 0.3 is 0 Å². The summed E-state index contributed by atoms with van der Waals surface area (Å²) in [6, 6.07) is 4.95. The molecule has 0 N–H and O–H groups in total. The van der Waals surface area contributed by atoms with Gasteiger partial charge in [0.1, 0.15) is 13.2 Å². The van der Waals surface area contributed by atoms with Gasteiger partial charge in [-0.3, -0.25) is 0 Å². The Kier molecular flexibility index (Phi) is 3.60. The maximum absolute atomic E-state index is 12.6. The Morgan fingerprint density at radius 3 is 2.45 bits per heavy atom. The number of sulfonamides is 1. The second kappa shape index (κ2) is 5.26. The van der Waals surface area contributed by atoms with Gasteiger partial charge in [0, 0.05) is 19.2 Å². The highest BCUT2D eigenvalue weighted by Crippen LogP contribution is 2.34. The first-order valence-electron chi connectivity index (χ1n) is 6.97. The van der Waals surface area contributed by atoms with Crippen molar-refractivity contribution in [1.29, 1.82) is 0 Å². The molecule has 0 unspecified atom stereocenters. The predicted octanol–water partition coefficient (Wildman–Crippen LogP) is 2.02. The van der Waals surface area contributed by atoms with Gasteiger partial charge in [0.15, 0.2) is 11.5 Å². The maximum Gasteiger partial charge on any atom is 0.243 e. The van der Waals surface area contributed by atoms with Crippen molar-refractivity contribution >= 4 is 10.0 Å². The normalized spacial score (nSPS) is 19.5. The zero-order valence-corrected chi connectivity index (χ0v) is 12.4. The van der Waals surface area contributed by atoms with Crippen LogP contribution in [0.3, 0.4) is 0 Å². The highest BCUT2D eigenvalue weighted by atomic mass is 32.2. The van der Waals surface area contributed by atoms with Crippen molar-refractivity contribution in [3.8, 4) is 11.5 Å². The van der Waals surface area contributed by atoms with E-state index in [-0.39, 0.29) is 10.9 Å². The highest BCUT2D eigenvalue weighted by molar-refractivity contribution is 7.89. The van der Waals surface area contributed by atoms with E-state index >= 15 is 0 Å². The summed E-state index contributed by atoms with van der Waals surface area (Å²) in [4.78, 5) is 0.274. The van der Waals surface area contributed by atoms with Crippen LogP contribution < -0.4 is 9.47 Å². The zero-order chi connectivity index (χ0) is 14.2. The third kappa shape index (κ3) is 2.38. The first-order valence-corrected chi connectivity index (χ1v) is 8.41. The van der Waals surface area contributed by atoms with E-state index in [0.29, 0.717) is 24.7 Å². The number of rotatable bonds is 3. The number of benzene rings is 1. The molecule has 1 aliphatic carbocycles. The molecule has 0 radical (unpaired) electrons. The minimum atomic E-state index is -3.46. The van der Waals surface area contributed by atoms with E-state index in [4.69, 9.17) is 9.47 Å². The summed E-state index contributed by atoms with van der Waals surface area (Å²) in [6.07, 6.45) is 4.10. The van der Waals surface area contributed by atoms with Gasteiger partial charge in [-0.25, -0.2) is 8.42 Å². The van der Waals surface area contributed by atoms with Crippen LogP contribution in [0, 0.1) is 0 Å². The van der Waals surface area contributed by atoms with Crippen molar-refractivity contribution in [2.24, 2.45) is 0 Å². The second-order valence-electron chi connectivity index (χ2n) is 5.26. The summed E-state index contributed by atoms with van der Waals surface area (Å²) in [5.74, 6) is 1.12. The van der Waals surface area contributed by atoms with Crippen LogP contribution in [0.25, 0.3) is 0 Å². The van der Waals surface area contributed by atoms with Crippen molar-refractivity contribution in [2.45, 2.75) is 36.6 Å². The Morgan fingerprint density at radius 1 is 1.10 bits per heavy atom. The number of hydrogen-bond acceptors (Lipinski definition) is 4. The average Bonchev–Trinajstić information content (AvgIpc) is 3.00. The Bertz CT molecular complexity index is 593. The second-order valence-corrected chi connectivity index (χ2v) is 7.26. The van der Waals surface area contributed by atoms with Crippen LogP contribution in [0.4, 0.5) is 0 Å². The van der Waals surface area contributed by atoms with Crippen LogP contribution in [0.5, 0.6) is 11.5 Å². The number of hydrogen-bond donors (Lipinski definition) is 0. The van der Waals surface area contributed by atoms with Gasteiger partial charge in [-0.1, -0.05) is 12.8 Å². The van der Waals surface area contributed by atoms with E-state index in [1.54, 1.807) is 25.2 Å². The van der Waals surface area contributed by atoms with Crippen molar-refractivity contribution in [3.05, 3.63) is 18.2 Å². The highest BCUT2D eigenvalue weighted by Gasteiger charge is 2.30. The van der Waals surface area contributed by atoms with E-state index in [2.05, 4.69) is 0 Å². The molecule has 0 bridgehead atoms. The lowest BCUT2D eigenvalue weighted by Crippen LogP contribution is -2.35. The van der Waals surface area contributed by atoms with Crippen LogP contribution in [-0.4, -0.2) is 39.0 Å². The largest absolute Gasteiger partial charge is 0.486 e. The number of nitrogens with zero attached hydrogens (tertiary/aromatic N) is 1. The lowest BCUT2D eigenvalue weighted by atomic mass is 10.3. The molecule has 5 nitrogen and oxygen atoms in total. The molecular formula is C14H19NO4S. The van der Waals surface area contributed by atoms with Gasteiger partial charge in [0.25, 0.3) is 0 Å². The molecule has 0 amide bonds. The topological polar surface area (TPSA) is 55.8 Å². The van der Waals surface area contributed by atoms with Gasteiger partial charge in [0.2, 0.25) is 10.0 Å². The quantitative estimate of drug-likeness (QED) is 0.856. The molecule has 110 valence electrons. The molecule has 0 atom stereocenters. The Balaban J connectivity index is 1.90. The van der Waals surface area contributed by atoms with E-state index in [9.17, 15) is 8.42 Å². The predicted molar refractivity (Wildman–Crippen MR) is 74.6 cm³/mol. The molecule has 0 aromatic heterocycles. The summed E-state index contributed by atoms with van der Waals surface area (Å²) < 4.78 is 37.6. The first kappa shape index (κ1) is 13.7. The van der Waals surface area contributed by atoms with Crippen LogP contribution >= 0.6 is 0 Å². The molecular weight excluding hydrogens is 278 g/mol. The Hall–Kier alpha value is -1.27. The lowest BCUT2D eigenvalue weighted by molar-refractivity contribution is 0.171. The molecule has 0 spiro atoms. The molecule has 1 saturated carbocycles. The molecule has 1 fully saturated rings. The fraction of sp³-hybridized carbons (Fsp3) is 0.571. The third-order valence-corrected chi connectivity index (χ3v) is 5.94. The molecule has 3 rings (SSSR count). The summed E-state index contributed by atoms with van der Waals surface area (Å²) in [7, 11) is -1.79. The molecule has 1 aromatic rings. The van der Waals surface area contributed by atoms with Crippen LogP contribution in [0.2, 0.25) is 0 Å².